The fourth-order valence-corrected chi connectivity index (χ4v) is 5.02. The molecule has 10 heteroatoms. The maximum Gasteiger partial charge on any atom is 0.344 e. The van der Waals surface area contributed by atoms with E-state index in [0.29, 0.717) is 19.1 Å². The summed E-state index contributed by atoms with van der Waals surface area (Å²) in [6, 6.07) is 8.58. The van der Waals surface area contributed by atoms with Gasteiger partial charge in [0.05, 0.1) is 6.26 Å². The average Bonchev–Trinajstić information content (AvgIpc) is 3.37. The van der Waals surface area contributed by atoms with Crippen molar-refractivity contribution < 1.29 is 13.2 Å². The van der Waals surface area contributed by atoms with Crippen LogP contribution in [-0.4, -0.2) is 79.1 Å². The summed E-state index contributed by atoms with van der Waals surface area (Å²) in [5, 5.41) is 4.04. The normalized spacial score (nSPS) is 20.0. The number of amides is 1. The van der Waals surface area contributed by atoms with Crippen molar-refractivity contribution in [3.8, 4) is 0 Å². The summed E-state index contributed by atoms with van der Waals surface area (Å²) < 4.78 is 26.1. The number of carbonyl (C=O) groups excluding carboxylic acids is 1. The van der Waals surface area contributed by atoms with E-state index in [9.17, 15) is 13.2 Å². The molecule has 2 aliphatic rings. The largest absolute Gasteiger partial charge is 0.369 e. The summed E-state index contributed by atoms with van der Waals surface area (Å²) in [4.78, 5) is 19.4. The van der Waals surface area contributed by atoms with Crippen molar-refractivity contribution in [3.63, 3.8) is 0 Å². The predicted octanol–water partition coefficient (Wildman–Crippen LogP) is 2.34. The van der Waals surface area contributed by atoms with Crippen molar-refractivity contribution in [3.05, 3.63) is 41.6 Å². The Labute approximate surface area is 190 Å². The number of nitrogens with zero attached hydrogens (tertiary/aromatic N) is 5. The van der Waals surface area contributed by atoms with Crippen LogP contribution in [0.2, 0.25) is 0 Å². The van der Waals surface area contributed by atoms with Crippen LogP contribution in [0.4, 0.5) is 16.3 Å². The standard InChI is InChI=1S/C22H32N6O3S/c1-17-6-7-19(15-20(17)27-9-4-5-18(27)2)16-25-11-13-26(14-12-25)22(29)28-10-8-21(23-28)24-32(3,30)31/h6-8,10,15,18H,4-5,9,11-14,16H2,1-3H3,(H,23,24)/t18-/m1/s1. The topological polar surface area (TPSA) is 90.8 Å². The molecule has 0 bridgehead atoms. The molecule has 2 saturated heterocycles. The van der Waals surface area contributed by atoms with E-state index in [4.69, 9.17) is 0 Å². The maximum atomic E-state index is 12.7. The van der Waals surface area contributed by atoms with Gasteiger partial charge in [0.2, 0.25) is 10.0 Å². The number of piperazine rings is 1. The zero-order valence-corrected chi connectivity index (χ0v) is 19.8. The van der Waals surface area contributed by atoms with E-state index in [2.05, 4.69) is 51.7 Å². The van der Waals surface area contributed by atoms with E-state index in [1.165, 1.54) is 46.6 Å². The van der Waals surface area contributed by atoms with Gasteiger partial charge < -0.3 is 9.80 Å². The quantitative estimate of drug-likeness (QED) is 0.737. The molecule has 9 nitrogen and oxygen atoms in total. The van der Waals surface area contributed by atoms with Gasteiger partial charge in [0.25, 0.3) is 0 Å². The number of anilines is 2. The van der Waals surface area contributed by atoms with Gasteiger partial charge in [-0.2, -0.15) is 4.68 Å². The van der Waals surface area contributed by atoms with Crippen molar-refractivity contribution >= 4 is 27.6 Å². The van der Waals surface area contributed by atoms with Gasteiger partial charge in [0, 0.05) is 63.3 Å². The summed E-state index contributed by atoms with van der Waals surface area (Å²) in [5.41, 5.74) is 3.97. The van der Waals surface area contributed by atoms with E-state index in [1.807, 2.05) is 0 Å². The third-order valence-corrected chi connectivity index (χ3v) is 6.84. The number of sulfonamides is 1. The molecule has 174 valence electrons. The first kappa shape index (κ1) is 22.6. The molecular weight excluding hydrogens is 428 g/mol. The summed E-state index contributed by atoms with van der Waals surface area (Å²) in [6.07, 6.45) is 5.04. The molecule has 0 radical (unpaired) electrons. The predicted molar refractivity (Wildman–Crippen MR) is 126 cm³/mol. The lowest BCUT2D eigenvalue weighted by atomic mass is 10.1. The van der Waals surface area contributed by atoms with Crippen LogP contribution < -0.4 is 9.62 Å². The Morgan fingerprint density at radius 2 is 1.91 bits per heavy atom. The summed E-state index contributed by atoms with van der Waals surface area (Å²) in [7, 11) is -3.43. The van der Waals surface area contributed by atoms with Gasteiger partial charge in [0.15, 0.2) is 5.82 Å². The zero-order valence-electron chi connectivity index (χ0n) is 19.0. The highest BCUT2D eigenvalue weighted by atomic mass is 32.2. The molecule has 1 atom stereocenters. The van der Waals surface area contributed by atoms with Crippen LogP contribution in [0.3, 0.4) is 0 Å². The van der Waals surface area contributed by atoms with Gasteiger partial charge >= 0.3 is 6.03 Å². The van der Waals surface area contributed by atoms with Crippen LogP contribution in [0, 0.1) is 6.92 Å². The van der Waals surface area contributed by atoms with Crippen molar-refractivity contribution in [2.75, 3.05) is 48.6 Å². The first-order valence-electron chi connectivity index (χ1n) is 11.1. The first-order chi connectivity index (χ1) is 15.2. The summed E-state index contributed by atoms with van der Waals surface area (Å²) >= 11 is 0. The van der Waals surface area contributed by atoms with Crippen molar-refractivity contribution in [1.29, 1.82) is 0 Å². The molecule has 0 unspecified atom stereocenters. The van der Waals surface area contributed by atoms with Crippen LogP contribution >= 0.6 is 0 Å². The van der Waals surface area contributed by atoms with E-state index in [0.717, 1.165) is 32.4 Å². The lowest BCUT2D eigenvalue weighted by Crippen LogP contribution is -2.49. The Bertz CT molecular complexity index is 1080. The van der Waals surface area contributed by atoms with Crippen LogP contribution in [0.25, 0.3) is 0 Å². The molecule has 0 spiro atoms. The van der Waals surface area contributed by atoms with Gasteiger partial charge in [-0.3, -0.25) is 9.62 Å². The number of aromatic nitrogens is 2. The highest BCUT2D eigenvalue weighted by molar-refractivity contribution is 7.92. The van der Waals surface area contributed by atoms with Gasteiger partial charge in [-0.1, -0.05) is 12.1 Å². The maximum absolute atomic E-state index is 12.7. The Kier molecular flexibility index (Phi) is 6.43. The van der Waals surface area contributed by atoms with E-state index >= 15 is 0 Å². The summed E-state index contributed by atoms with van der Waals surface area (Å²) in [6.45, 7) is 9.25. The monoisotopic (exact) mass is 460 g/mol. The Morgan fingerprint density at radius 3 is 2.56 bits per heavy atom. The van der Waals surface area contributed by atoms with Crippen LogP contribution in [0.5, 0.6) is 0 Å². The van der Waals surface area contributed by atoms with Gasteiger partial charge in [-0.05, 0) is 43.9 Å². The molecule has 2 aliphatic heterocycles. The van der Waals surface area contributed by atoms with Gasteiger partial charge in [-0.25, -0.2) is 13.2 Å². The van der Waals surface area contributed by atoms with Crippen LogP contribution in [0.1, 0.15) is 30.9 Å². The minimum atomic E-state index is -3.43. The lowest BCUT2D eigenvalue weighted by Gasteiger charge is -2.34. The molecule has 0 saturated carbocycles. The number of rotatable bonds is 5. The van der Waals surface area contributed by atoms with E-state index in [-0.39, 0.29) is 11.8 Å². The van der Waals surface area contributed by atoms with Crippen molar-refractivity contribution in [2.24, 2.45) is 0 Å². The average molecular weight is 461 g/mol. The zero-order chi connectivity index (χ0) is 22.9. The highest BCUT2D eigenvalue weighted by Crippen LogP contribution is 2.29. The molecule has 1 amide bonds. The second-order valence-electron chi connectivity index (χ2n) is 8.87. The third-order valence-electron chi connectivity index (χ3n) is 6.26. The van der Waals surface area contributed by atoms with Crippen LogP contribution in [-0.2, 0) is 16.6 Å². The number of hydrogen-bond acceptors (Lipinski definition) is 6. The fraction of sp³-hybridized carbons (Fsp3) is 0.545. The molecule has 2 aromatic rings. The van der Waals surface area contributed by atoms with Crippen LogP contribution in [0.15, 0.2) is 30.5 Å². The third kappa shape index (κ3) is 5.24. The molecule has 2 fully saturated rings. The lowest BCUT2D eigenvalue weighted by molar-refractivity contribution is 0.134. The smallest absolute Gasteiger partial charge is 0.344 e. The Balaban J connectivity index is 1.34. The van der Waals surface area contributed by atoms with Gasteiger partial charge in [0.1, 0.15) is 0 Å². The van der Waals surface area contributed by atoms with Crippen molar-refractivity contribution in [2.45, 2.75) is 39.3 Å². The molecule has 3 heterocycles. The molecule has 4 rings (SSSR count). The molecule has 1 N–H and O–H groups in total. The summed E-state index contributed by atoms with van der Waals surface area (Å²) in [5.74, 6) is 0.141. The van der Waals surface area contributed by atoms with Gasteiger partial charge in [-0.15, -0.1) is 5.10 Å². The second-order valence-corrected chi connectivity index (χ2v) is 10.6. The molecule has 1 aromatic heterocycles. The molecule has 0 aliphatic carbocycles. The fourth-order valence-electron chi connectivity index (χ4n) is 4.53. The number of aryl methyl sites for hydroxylation is 1. The Hall–Kier alpha value is -2.59. The minimum absolute atomic E-state index is 0.141. The second kappa shape index (κ2) is 9.11. The SMILES string of the molecule is Cc1ccc(CN2CCN(C(=O)n3ccc(NS(C)(=O)=O)n3)CC2)cc1N1CCC[C@H]1C. The Morgan fingerprint density at radius 1 is 1.16 bits per heavy atom. The van der Waals surface area contributed by atoms with E-state index in [1.54, 1.807) is 4.90 Å². The highest BCUT2D eigenvalue weighted by Gasteiger charge is 2.25. The van der Waals surface area contributed by atoms with E-state index < -0.39 is 10.0 Å². The number of benzene rings is 1. The number of carbonyl (C=O) groups is 1. The first-order valence-corrected chi connectivity index (χ1v) is 13.0. The molecule has 32 heavy (non-hydrogen) atoms. The number of nitrogens with one attached hydrogen (secondary N) is 1. The minimum Gasteiger partial charge on any atom is -0.369 e. The molecular formula is C22H32N6O3S. The van der Waals surface area contributed by atoms with Crippen molar-refractivity contribution in [1.82, 2.24) is 19.6 Å². The molecule has 1 aromatic carbocycles. The number of hydrogen-bond donors (Lipinski definition) is 1.